The zero-order valence-electron chi connectivity index (χ0n) is 5.58. The van der Waals surface area contributed by atoms with E-state index >= 15 is 0 Å². The number of alkyl halides is 2. The van der Waals surface area contributed by atoms with Crippen molar-refractivity contribution in [3.05, 3.63) is 6.92 Å². The molecule has 0 aromatic carbocycles. The maximum absolute atomic E-state index is 5.80. The Bertz CT molecular complexity index is 54.9. The van der Waals surface area contributed by atoms with Gasteiger partial charge in [-0.2, -0.15) is 0 Å². The van der Waals surface area contributed by atoms with Gasteiger partial charge in [0.05, 0.1) is 0 Å². The molecule has 0 heterocycles. The Morgan fingerprint density at radius 1 is 1.33 bits per heavy atom. The van der Waals surface area contributed by atoms with Gasteiger partial charge < -0.3 is 0 Å². The predicted molar refractivity (Wildman–Crippen MR) is 44.2 cm³/mol. The molecule has 9 heavy (non-hydrogen) atoms. The number of hydrogen-bond acceptors (Lipinski definition) is 0. The molecule has 0 aromatic rings. The van der Waals surface area contributed by atoms with Crippen LogP contribution in [0, 0.1) is 6.92 Å². The molecule has 0 rings (SSSR count). The van der Waals surface area contributed by atoms with Crippen molar-refractivity contribution in [3.63, 3.8) is 0 Å². The number of halogens is 2. The molecule has 1 atom stereocenters. The molecule has 0 aliphatic rings. The van der Waals surface area contributed by atoms with Crippen LogP contribution in [0.2, 0.25) is 0 Å². The quantitative estimate of drug-likeness (QED) is 0.436. The summed E-state index contributed by atoms with van der Waals surface area (Å²) in [4.78, 5) is 0. The summed E-state index contributed by atoms with van der Waals surface area (Å²) >= 11 is 11.3. The lowest BCUT2D eigenvalue weighted by Crippen LogP contribution is -1.95. The van der Waals surface area contributed by atoms with Gasteiger partial charge in [-0.1, -0.05) is 13.3 Å². The van der Waals surface area contributed by atoms with Crippen molar-refractivity contribution in [2.45, 2.75) is 31.1 Å². The SMILES string of the molecule is [CH2]CC(Cl)CCCCCl. The summed E-state index contributed by atoms with van der Waals surface area (Å²) in [6, 6.07) is 0. The molecule has 0 saturated carbocycles. The van der Waals surface area contributed by atoms with Crippen molar-refractivity contribution < 1.29 is 0 Å². The highest BCUT2D eigenvalue weighted by molar-refractivity contribution is 6.20. The van der Waals surface area contributed by atoms with E-state index in [0.29, 0.717) is 0 Å². The average Bonchev–Trinajstić information content (AvgIpc) is 1.89. The van der Waals surface area contributed by atoms with Crippen molar-refractivity contribution >= 4 is 23.2 Å². The average molecular weight is 168 g/mol. The van der Waals surface area contributed by atoms with Crippen LogP contribution in [0.5, 0.6) is 0 Å². The standard InChI is InChI=1S/C7H13Cl2/c1-2-7(9)5-3-4-6-8/h7H,1-6H2. The lowest BCUT2D eigenvalue weighted by Gasteiger charge is -2.02. The van der Waals surface area contributed by atoms with Gasteiger partial charge in [0.15, 0.2) is 0 Å². The van der Waals surface area contributed by atoms with Gasteiger partial charge in [-0.3, -0.25) is 0 Å². The fourth-order valence-corrected chi connectivity index (χ4v) is 0.948. The third-order valence-electron chi connectivity index (χ3n) is 1.21. The molecule has 0 bridgehead atoms. The van der Waals surface area contributed by atoms with Crippen LogP contribution in [0.4, 0.5) is 0 Å². The first-order valence-corrected chi connectivity index (χ1v) is 4.27. The van der Waals surface area contributed by atoms with Crippen LogP contribution in [0.3, 0.4) is 0 Å². The third-order valence-corrected chi connectivity index (χ3v) is 1.92. The fourth-order valence-electron chi connectivity index (χ4n) is 0.605. The van der Waals surface area contributed by atoms with Crippen molar-refractivity contribution in [2.24, 2.45) is 0 Å². The van der Waals surface area contributed by atoms with Crippen LogP contribution < -0.4 is 0 Å². The normalized spacial score (nSPS) is 13.7. The van der Waals surface area contributed by atoms with Crippen molar-refractivity contribution in [1.82, 2.24) is 0 Å². The zero-order chi connectivity index (χ0) is 7.11. The molecule has 1 radical (unpaired) electrons. The molecule has 0 amide bonds. The van der Waals surface area contributed by atoms with Gasteiger partial charge in [-0.05, 0) is 19.3 Å². The summed E-state index contributed by atoms with van der Waals surface area (Å²) in [5.41, 5.74) is 0. The van der Waals surface area contributed by atoms with Crippen LogP contribution in [-0.4, -0.2) is 11.3 Å². The molecule has 0 spiro atoms. The van der Waals surface area contributed by atoms with Gasteiger partial charge in [0.1, 0.15) is 0 Å². The summed E-state index contributed by atoms with van der Waals surface area (Å²) in [5, 5.41) is 0.258. The summed E-state index contributed by atoms with van der Waals surface area (Å²) in [7, 11) is 0. The van der Waals surface area contributed by atoms with Crippen molar-refractivity contribution in [2.75, 3.05) is 5.88 Å². The topological polar surface area (TPSA) is 0 Å². The van der Waals surface area contributed by atoms with Gasteiger partial charge in [-0.25, -0.2) is 0 Å². The second kappa shape index (κ2) is 6.70. The number of unbranched alkanes of at least 4 members (excludes halogenated alkanes) is 1. The highest BCUT2D eigenvalue weighted by Crippen LogP contribution is 2.10. The second-order valence-corrected chi connectivity index (χ2v) is 3.07. The first kappa shape index (κ1) is 9.58. The van der Waals surface area contributed by atoms with Crippen molar-refractivity contribution in [3.8, 4) is 0 Å². The molecule has 2 heteroatoms. The molecule has 1 unspecified atom stereocenters. The Morgan fingerprint density at radius 3 is 2.44 bits per heavy atom. The van der Waals surface area contributed by atoms with Gasteiger partial charge in [0.2, 0.25) is 0 Å². The lowest BCUT2D eigenvalue weighted by molar-refractivity contribution is 0.683. The van der Waals surface area contributed by atoms with Gasteiger partial charge in [0.25, 0.3) is 0 Å². The van der Waals surface area contributed by atoms with Gasteiger partial charge >= 0.3 is 0 Å². The van der Waals surface area contributed by atoms with Crippen LogP contribution in [0.25, 0.3) is 0 Å². The minimum Gasteiger partial charge on any atom is -0.127 e. The van der Waals surface area contributed by atoms with E-state index in [9.17, 15) is 0 Å². The molecule has 0 N–H and O–H groups in total. The summed E-state index contributed by atoms with van der Waals surface area (Å²) in [6.07, 6.45) is 4.08. The molecular formula is C7H13Cl2. The third kappa shape index (κ3) is 6.47. The second-order valence-electron chi connectivity index (χ2n) is 2.07. The summed E-state index contributed by atoms with van der Waals surface area (Å²) in [6.45, 7) is 3.70. The number of rotatable bonds is 5. The highest BCUT2D eigenvalue weighted by Gasteiger charge is 1.98. The Hall–Kier alpha value is 0.580. The fraction of sp³-hybridized carbons (Fsp3) is 0.857. The molecule has 0 aliphatic carbocycles. The molecule has 0 saturated heterocycles. The summed E-state index contributed by atoms with van der Waals surface area (Å²) in [5.74, 6) is 0.751. The minimum absolute atomic E-state index is 0.258. The van der Waals surface area contributed by atoms with Crippen molar-refractivity contribution in [1.29, 1.82) is 0 Å². The maximum atomic E-state index is 5.80. The van der Waals surface area contributed by atoms with Crippen LogP contribution in [-0.2, 0) is 0 Å². The van der Waals surface area contributed by atoms with Gasteiger partial charge in [0, 0.05) is 11.3 Å². The van der Waals surface area contributed by atoms with Gasteiger partial charge in [-0.15, -0.1) is 23.2 Å². The molecule has 0 nitrogen and oxygen atoms in total. The Balaban J connectivity index is 2.88. The molecular weight excluding hydrogens is 155 g/mol. The van der Waals surface area contributed by atoms with E-state index in [1.54, 1.807) is 0 Å². The molecule has 0 fully saturated rings. The van der Waals surface area contributed by atoms with Crippen LogP contribution in [0.1, 0.15) is 25.7 Å². The number of hydrogen-bond donors (Lipinski definition) is 0. The monoisotopic (exact) mass is 167 g/mol. The van der Waals surface area contributed by atoms with E-state index in [-0.39, 0.29) is 5.38 Å². The molecule has 0 aromatic heterocycles. The highest BCUT2D eigenvalue weighted by atomic mass is 35.5. The van der Waals surface area contributed by atoms with E-state index in [2.05, 4.69) is 6.92 Å². The minimum atomic E-state index is 0.258. The van der Waals surface area contributed by atoms with E-state index < -0.39 is 0 Å². The maximum Gasteiger partial charge on any atom is 0.0336 e. The van der Waals surface area contributed by atoms with E-state index in [4.69, 9.17) is 23.2 Å². The Morgan fingerprint density at radius 2 is 2.00 bits per heavy atom. The van der Waals surface area contributed by atoms with Crippen LogP contribution in [0.15, 0.2) is 0 Å². The molecule has 0 aliphatic heterocycles. The van der Waals surface area contributed by atoms with Crippen LogP contribution >= 0.6 is 23.2 Å². The zero-order valence-corrected chi connectivity index (χ0v) is 7.09. The largest absolute Gasteiger partial charge is 0.127 e. The first-order chi connectivity index (χ1) is 4.31. The molecule has 55 valence electrons. The summed E-state index contributed by atoms with van der Waals surface area (Å²) < 4.78 is 0. The predicted octanol–water partition coefficient (Wildman–Crippen LogP) is 3.23. The Labute approximate surface area is 67.5 Å². The first-order valence-electron chi connectivity index (χ1n) is 3.30. The smallest absolute Gasteiger partial charge is 0.0336 e. The lowest BCUT2D eigenvalue weighted by atomic mass is 10.2. The van der Waals surface area contributed by atoms with E-state index in [0.717, 1.165) is 31.6 Å². The van der Waals surface area contributed by atoms with E-state index in [1.165, 1.54) is 0 Å². The Kier molecular flexibility index (Phi) is 7.13. The van der Waals surface area contributed by atoms with E-state index in [1.807, 2.05) is 0 Å².